The lowest BCUT2D eigenvalue weighted by molar-refractivity contribution is 0.813. The van der Waals surface area contributed by atoms with Crippen molar-refractivity contribution in [3.05, 3.63) is 41.4 Å². The molecular weight excluding hydrogens is 246 g/mol. The summed E-state index contributed by atoms with van der Waals surface area (Å²) in [5, 5.41) is 14.6. The summed E-state index contributed by atoms with van der Waals surface area (Å²) < 4.78 is 1.58. The second kappa shape index (κ2) is 4.23. The molecule has 5 nitrogen and oxygen atoms in total. The van der Waals surface area contributed by atoms with Crippen LogP contribution in [0.2, 0.25) is 0 Å². The Hall–Kier alpha value is -2.21. The Morgan fingerprint density at radius 1 is 1.22 bits per heavy atom. The lowest BCUT2D eigenvalue weighted by atomic mass is 10.3. The Balaban J connectivity index is 1.99. The van der Waals surface area contributed by atoms with E-state index in [-0.39, 0.29) is 0 Å². The Morgan fingerprint density at radius 3 is 2.67 bits per heavy atom. The zero-order valence-corrected chi connectivity index (χ0v) is 10.6. The molecule has 90 valence electrons. The van der Waals surface area contributed by atoms with Crippen molar-refractivity contribution in [2.45, 2.75) is 6.92 Å². The van der Waals surface area contributed by atoms with Gasteiger partial charge in [0.15, 0.2) is 5.82 Å². The van der Waals surface area contributed by atoms with Crippen molar-refractivity contribution in [2.75, 3.05) is 5.73 Å². The molecule has 0 aliphatic carbocycles. The number of nitrogen functional groups attached to an aromatic ring is 1. The number of aromatic nitrogens is 4. The molecule has 0 unspecified atom stereocenters. The first kappa shape index (κ1) is 10.9. The number of thiophene rings is 1. The van der Waals surface area contributed by atoms with E-state index in [9.17, 15) is 0 Å². The lowest BCUT2D eigenvalue weighted by Crippen LogP contribution is -2.05. The summed E-state index contributed by atoms with van der Waals surface area (Å²) in [5.74, 6) is 1.19. The topological polar surface area (TPSA) is 69.6 Å². The molecule has 0 saturated carbocycles. The van der Waals surface area contributed by atoms with Gasteiger partial charge < -0.3 is 5.73 Å². The van der Waals surface area contributed by atoms with Crippen LogP contribution in [0.15, 0.2) is 35.7 Å². The van der Waals surface area contributed by atoms with E-state index in [4.69, 9.17) is 5.73 Å². The Bertz CT molecular complexity index is 654. The van der Waals surface area contributed by atoms with Crippen LogP contribution in [0.5, 0.6) is 0 Å². The lowest BCUT2D eigenvalue weighted by Gasteiger charge is -2.02. The highest BCUT2D eigenvalue weighted by atomic mass is 32.1. The molecule has 0 aromatic carbocycles. The van der Waals surface area contributed by atoms with Gasteiger partial charge in [-0.2, -0.15) is 9.78 Å². The number of hydrogen-bond acceptors (Lipinski definition) is 5. The maximum absolute atomic E-state index is 5.84. The van der Waals surface area contributed by atoms with Crippen molar-refractivity contribution >= 4 is 17.2 Å². The molecule has 18 heavy (non-hydrogen) atoms. The Kier molecular flexibility index (Phi) is 2.56. The molecule has 0 bridgehead atoms. The molecule has 0 atom stereocenters. The molecule has 0 aliphatic rings. The van der Waals surface area contributed by atoms with Crippen LogP contribution in [-0.4, -0.2) is 20.0 Å². The summed E-state index contributed by atoms with van der Waals surface area (Å²) in [5.41, 5.74) is 7.56. The molecule has 3 rings (SSSR count). The van der Waals surface area contributed by atoms with Crippen LogP contribution in [0.1, 0.15) is 5.69 Å². The minimum atomic E-state index is 0.561. The van der Waals surface area contributed by atoms with Crippen molar-refractivity contribution in [2.24, 2.45) is 0 Å². The van der Waals surface area contributed by atoms with Crippen LogP contribution in [0.4, 0.5) is 5.82 Å². The summed E-state index contributed by atoms with van der Waals surface area (Å²) in [6, 6.07) is 9.59. The number of aryl methyl sites for hydroxylation is 1. The average molecular weight is 257 g/mol. The molecular formula is C12H11N5S. The van der Waals surface area contributed by atoms with Gasteiger partial charge in [0.25, 0.3) is 0 Å². The summed E-state index contributed by atoms with van der Waals surface area (Å²) in [7, 11) is 0. The largest absolute Gasteiger partial charge is 0.384 e. The second-order valence-corrected chi connectivity index (χ2v) is 4.82. The van der Waals surface area contributed by atoms with Crippen LogP contribution < -0.4 is 5.73 Å². The standard InChI is InChI=1S/C12H11N5S/c1-8-7-11(13)17(16-8)12-5-4-9(14-15-12)10-3-2-6-18-10/h2-7H,13H2,1H3. The van der Waals surface area contributed by atoms with Crippen molar-refractivity contribution in [3.8, 4) is 16.4 Å². The summed E-state index contributed by atoms with van der Waals surface area (Å²) >= 11 is 1.64. The SMILES string of the molecule is Cc1cc(N)n(-c2ccc(-c3cccs3)nn2)n1. The van der Waals surface area contributed by atoms with Gasteiger partial charge in [0.05, 0.1) is 10.6 Å². The molecule has 3 aromatic heterocycles. The van der Waals surface area contributed by atoms with E-state index in [1.54, 1.807) is 22.1 Å². The van der Waals surface area contributed by atoms with Gasteiger partial charge in [-0.05, 0) is 30.5 Å². The predicted molar refractivity (Wildman–Crippen MR) is 71.6 cm³/mol. The fraction of sp³-hybridized carbons (Fsp3) is 0.0833. The quantitative estimate of drug-likeness (QED) is 0.764. The van der Waals surface area contributed by atoms with E-state index >= 15 is 0 Å². The van der Waals surface area contributed by atoms with Gasteiger partial charge in [-0.1, -0.05) is 6.07 Å². The monoisotopic (exact) mass is 257 g/mol. The normalized spacial score (nSPS) is 10.7. The van der Waals surface area contributed by atoms with Gasteiger partial charge in [-0.3, -0.25) is 0 Å². The molecule has 3 heterocycles. The predicted octanol–water partition coefficient (Wildman–Crippen LogP) is 2.28. The number of rotatable bonds is 2. The first-order valence-corrected chi connectivity index (χ1v) is 6.32. The molecule has 0 aliphatic heterocycles. The number of nitrogens with zero attached hydrogens (tertiary/aromatic N) is 4. The Labute approximate surface area is 108 Å². The van der Waals surface area contributed by atoms with Crippen molar-refractivity contribution < 1.29 is 0 Å². The van der Waals surface area contributed by atoms with Gasteiger partial charge in [-0.15, -0.1) is 21.5 Å². The van der Waals surface area contributed by atoms with E-state index in [2.05, 4.69) is 15.3 Å². The fourth-order valence-corrected chi connectivity index (χ4v) is 2.39. The highest BCUT2D eigenvalue weighted by Gasteiger charge is 2.07. The minimum Gasteiger partial charge on any atom is -0.384 e. The average Bonchev–Trinajstić information content (AvgIpc) is 2.99. The first-order valence-electron chi connectivity index (χ1n) is 5.44. The van der Waals surface area contributed by atoms with E-state index < -0.39 is 0 Å². The van der Waals surface area contributed by atoms with Crippen LogP contribution in [-0.2, 0) is 0 Å². The first-order chi connectivity index (χ1) is 8.74. The molecule has 0 amide bonds. The van der Waals surface area contributed by atoms with Crippen molar-refractivity contribution in [3.63, 3.8) is 0 Å². The number of anilines is 1. The fourth-order valence-electron chi connectivity index (χ4n) is 1.70. The molecule has 2 N–H and O–H groups in total. The van der Waals surface area contributed by atoms with Crippen LogP contribution in [0, 0.1) is 6.92 Å². The van der Waals surface area contributed by atoms with E-state index in [1.807, 2.05) is 36.6 Å². The second-order valence-electron chi connectivity index (χ2n) is 3.88. The van der Waals surface area contributed by atoms with Crippen molar-refractivity contribution in [1.82, 2.24) is 20.0 Å². The third-order valence-corrected chi connectivity index (χ3v) is 3.39. The van der Waals surface area contributed by atoms with Gasteiger partial charge in [0.2, 0.25) is 0 Å². The van der Waals surface area contributed by atoms with E-state index in [0.717, 1.165) is 16.3 Å². The van der Waals surface area contributed by atoms with E-state index in [1.165, 1.54) is 0 Å². The minimum absolute atomic E-state index is 0.561. The third-order valence-electron chi connectivity index (χ3n) is 2.50. The van der Waals surface area contributed by atoms with Crippen molar-refractivity contribution in [1.29, 1.82) is 0 Å². The molecule has 0 saturated heterocycles. The molecule has 6 heteroatoms. The summed E-state index contributed by atoms with van der Waals surface area (Å²) in [4.78, 5) is 1.10. The zero-order valence-electron chi connectivity index (χ0n) is 9.74. The molecule has 3 aromatic rings. The van der Waals surface area contributed by atoms with Crippen LogP contribution in [0.3, 0.4) is 0 Å². The maximum atomic E-state index is 5.84. The number of hydrogen-bond donors (Lipinski definition) is 1. The summed E-state index contributed by atoms with van der Waals surface area (Å²) in [6.45, 7) is 1.89. The third kappa shape index (κ3) is 1.86. The van der Waals surface area contributed by atoms with Crippen LogP contribution in [0.25, 0.3) is 16.4 Å². The van der Waals surface area contributed by atoms with Gasteiger partial charge >= 0.3 is 0 Å². The van der Waals surface area contributed by atoms with E-state index in [0.29, 0.717) is 11.6 Å². The van der Waals surface area contributed by atoms with Gasteiger partial charge in [-0.25, -0.2) is 0 Å². The summed E-state index contributed by atoms with van der Waals surface area (Å²) in [6.07, 6.45) is 0. The smallest absolute Gasteiger partial charge is 0.178 e. The maximum Gasteiger partial charge on any atom is 0.178 e. The molecule has 0 spiro atoms. The molecule has 0 fully saturated rings. The molecule has 0 radical (unpaired) electrons. The zero-order chi connectivity index (χ0) is 12.5. The Morgan fingerprint density at radius 2 is 2.11 bits per heavy atom. The van der Waals surface area contributed by atoms with Gasteiger partial charge in [0.1, 0.15) is 11.5 Å². The highest BCUT2D eigenvalue weighted by molar-refractivity contribution is 7.13. The highest BCUT2D eigenvalue weighted by Crippen LogP contribution is 2.22. The van der Waals surface area contributed by atoms with Gasteiger partial charge in [0, 0.05) is 6.07 Å². The van der Waals surface area contributed by atoms with Crippen LogP contribution >= 0.6 is 11.3 Å². The number of nitrogens with two attached hydrogens (primary N) is 1.